The quantitative estimate of drug-likeness (QED) is 0.491. The molecule has 0 bridgehead atoms. The van der Waals surface area contributed by atoms with Gasteiger partial charge in [0.15, 0.2) is 0 Å². The predicted molar refractivity (Wildman–Crippen MR) is 130 cm³/mol. The molecular formula is C26H31N5O2. The Morgan fingerprint density at radius 3 is 2.88 bits per heavy atom. The summed E-state index contributed by atoms with van der Waals surface area (Å²) in [5.74, 6) is 2.25. The molecule has 0 amide bonds. The SMILES string of the molecule is CC1Cc2cc(Oc3ccnc(Nc4cccc(CN5CCC(CO)CC5)c4)n3)ccc2N1. The van der Waals surface area contributed by atoms with Gasteiger partial charge in [-0.25, -0.2) is 4.98 Å². The summed E-state index contributed by atoms with van der Waals surface area (Å²) < 4.78 is 6.02. The Morgan fingerprint density at radius 1 is 1.15 bits per heavy atom. The Balaban J connectivity index is 1.22. The summed E-state index contributed by atoms with van der Waals surface area (Å²) in [5, 5.41) is 16.1. The summed E-state index contributed by atoms with van der Waals surface area (Å²) in [5.41, 5.74) is 4.64. The molecular weight excluding hydrogens is 414 g/mol. The van der Waals surface area contributed by atoms with Crippen LogP contribution in [0.2, 0.25) is 0 Å². The van der Waals surface area contributed by atoms with Crippen LogP contribution in [0.3, 0.4) is 0 Å². The smallest absolute Gasteiger partial charge is 0.230 e. The minimum Gasteiger partial charge on any atom is -0.439 e. The normalized spacial score (nSPS) is 18.5. The Hall–Kier alpha value is -3.16. The Bertz CT molecular complexity index is 1100. The molecule has 3 aromatic rings. The lowest BCUT2D eigenvalue weighted by Gasteiger charge is -2.31. The number of aliphatic hydroxyl groups excluding tert-OH is 1. The molecule has 0 spiro atoms. The number of hydrogen-bond donors (Lipinski definition) is 3. The van der Waals surface area contributed by atoms with Gasteiger partial charge in [-0.15, -0.1) is 0 Å². The number of piperidine rings is 1. The Morgan fingerprint density at radius 2 is 2.03 bits per heavy atom. The number of aromatic nitrogens is 2. The lowest BCUT2D eigenvalue weighted by molar-refractivity contribution is 0.127. The van der Waals surface area contributed by atoms with Gasteiger partial charge in [0.1, 0.15) is 5.75 Å². The Kier molecular flexibility index (Phi) is 6.41. The summed E-state index contributed by atoms with van der Waals surface area (Å²) in [7, 11) is 0. The molecule has 7 heteroatoms. The van der Waals surface area contributed by atoms with Crippen LogP contribution >= 0.6 is 0 Å². The molecule has 3 N–H and O–H groups in total. The van der Waals surface area contributed by atoms with Crippen molar-refractivity contribution in [2.24, 2.45) is 5.92 Å². The molecule has 1 saturated heterocycles. The largest absolute Gasteiger partial charge is 0.439 e. The maximum absolute atomic E-state index is 9.34. The number of nitrogens with zero attached hydrogens (tertiary/aromatic N) is 3. The first-order chi connectivity index (χ1) is 16.1. The van der Waals surface area contributed by atoms with Gasteiger partial charge < -0.3 is 20.5 Å². The lowest BCUT2D eigenvalue weighted by atomic mass is 9.97. The molecule has 33 heavy (non-hydrogen) atoms. The van der Waals surface area contributed by atoms with Crippen molar-refractivity contribution in [3.8, 4) is 11.6 Å². The fourth-order valence-electron chi connectivity index (χ4n) is 4.63. The number of ether oxygens (including phenoxy) is 1. The van der Waals surface area contributed by atoms with E-state index in [2.05, 4.69) is 62.8 Å². The topological polar surface area (TPSA) is 82.5 Å². The number of benzene rings is 2. The average Bonchev–Trinajstić information content (AvgIpc) is 3.19. The minimum absolute atomic E-state index is 0.304. The van der Waals surface area contributed by atoms with Crippen LogP contribution in [0.25, 0.3) is 0 Å². The van der Waals surface area contributed by atoms with Crippen LogP contribution in [0.15, 0.2) is 54.7 Å². The molecule has 2 aromatic carbocycles. The van der Waals surface area contributed by atoms with E-state index in [1.165, 1.54) is 16.8 Å². The monoisotopic (exact) mass is 445 g/mol. The molecule has 1 unspecified atom stereocenters. The van der Waals surface area contributed by atoms with Gasteiger partial charge in [0.05, 0.1) is 0 Å². The number of hydrogen-bond acceptors (Lipinski definition) is 7. The standard InChI is InChI=1S/C26H31N5O2/c1-18-13-21-15-23(5-6-24(21)28-18)33-25-7-10-27-26(30-25)29-22-4-2-3-20(14-22)16-31-11-8-19(17-32)9-12-31/h2-7,10,14-15,18-19,28,32H,8-9,11-13,16-17H2,1H3,(H,27,29,30). The van der Waals surface area contributed by atoms with Crippen LogP contribution in [0.4, 0.5) is 17.3 Å². The summed E-state index contributed by atoms with van der Waals surface area (Å²) in [4.78, 5) is 11.3. The third kappa shape index (κ3) is 5.43. The van der Waals surface area contributed by atoms with Crippen LogP contribution in [0, 0.1) is 5.92 Å². The predicted octanol–water partition coefficient (Wildman–Crippen LogP) is 4.57. The van der Waals surface area contributed by atoms with Crippen LogP contribution in [-0.2, 0) is 13.0 Å². The van der Waals surface area contributed by atoms with Gasteiger partial charge in [-0.05, 0) is 86.7 Å². The van der Waals surface area contributed by atoms with Gasteiger partial charge >= 0.3 is 0 Å². The van der Waals surface area contributed by atoms with Crippen molar-refractivity contribution in [2.45, 2.75) is 38.8 Å². The van der Waals surface area contributed by atoms with E-state index in [4.69, 9.17) is 4.74 Å². The zero-order chi connectivity index (χ0) is 22.6. The lowest BCUT2D eigenvalue weighted by Crippen LogP contribution is -2.34. The summed E-state index contributed by atoms with van der Waals surface area (Å²) >= 11 is 0. The summed E-state index contributed by atoms with van der Waals surface area (Å²) in [6, 6.07) is 16.7. The molecule has 1 fully saturated rings. The molecule has 3 heterocycles. The van der Waals surface area contributed by atoms with Gasteiger partial charge in [0.2, 0.25) is 11.8 Å². The van der Waals surface area contributed by atoms with Gasteiger partial charge in [0, 0.05) is 42.8 Å². The van der Waals surface area contributed by atoms with Gasteiger partial charge in [-0.1, -0.05) is 12.1 Å². The van der Waals surface area contributed by atoms with E-state index in [9.17, 15) is 5.11 Å². The van der Waals surface area contributed by atoms with E-state index in [-0.39, 0.29) is 0 Å². The molecule has 7 nitrogen and oxygen atoms in total. The van der Waals surface area contributed by atoms with E-state index in [1.807, 2.05) is 12.1 Å². The highest BCUT2D eigenvalue weighted by Gasteiger charge is 2.19. The molecule has 1 aromatic heterocycles. The van der Waals surface area contributed by atoms with Gasteiger partial charge in [0.25, 0.3) is 0 Å². The Labute approximate surface area is 194 Å². The van der Waals surface area contributed by atoms with Crippen molar-refractivity contribution < 1.29 is 9.84 Å². The second-order valence-electron chi connectivity index (χ2n) is 9.12. The third-order valence-electron chi connectivity index (χ3n) is 6.41. The highest BCUT2D eigenvalue weighted by molar-refractivity contribution is 5.59. The molecule has 172 valence electrons. The van der Waals surface area contributed by atoms with Crippen molar-refractivity contribution in [1.29, 1.82) is 0 Å². The molecule has 2 aliphatic rings. The first-order valence-corrected chi connectivity index (χ1v) is 11.7. The van der Waals surface area contributed by atoms with Crippen molar-refractivity contribution in [3.05, 3.63) is 65.9 Å². The molecule has 2 aliphatic heterocycles. The zero-order valence-corrected chi connectivity index (χ0v) is 19.0. The van der Waals surface area contributed by atoms with Crippen LogP contribution < -0.4 is 15.4 Å². The van der Waals surface area contributed by atoms with E-state index in [0.29, 0.717) is 30.4 Å². The van der Waals surface area contributed by atoms with Crippen molar-refractivity contribution >= 4 is 17.3 Å². The van der Waals surface area contributed by atoms with Crippen molar-refractivity contribution in [2.75, 3.05) is 30.3 Å². The fourth-order valence-corrected chi connectivity index (χ4v) is 4.63. The highest BCUT2D eigenvalue weighted by atomic mass is 16.5. The second kappa shape index (κ2) is 9.77. The molecule has 0 saturated carbocycles. The number of anilines is 3. The van der Waals surface area contributed by atoms with Crippen LogP contribution in [0.5, 0.6) is 11.6 Å². The van der Waals surface area contributed by atoms with E-state index in [0.717, 1.165) is 50.3 Å². The number of likely N-dealkylation sites (tertiary alicyclic amines) is 1. The minimum atomic E-state index is 0.304. The van der Waals surface area contributed by atoms with Crippen LogP contribution in [0.1, 0.15) is 30.9 Å². The van der Waals surface area contributed by atoms with E-state index in [1.54, 1.807) is 12.3 Å². The summed E-state index contributed by atoms with van der Waals surface area (Å²) in [6.07, 6.45) is 4.83. The fraction of sp³-hybridized carbons (Fsp3) is 0.385. The maximum atomic E-state index is 9.34. The average molecular weight is 446 g/mol. The summed E-state index contributed by atoms with van der Waals surface area (Å²) in [6.45, 7) is 5.45. The van der Waals surface area contributed by atoms with Crippen LogP contribution in [-0.4, -0.2) is 45.7 Å². The number of nitrogens with one attached hydrogen (secondary N) is 2. The first kappa shape index (κ1) is 21.7. The number of aliphatic hydroxyl groups is 1. The third-order valence-corrected chi connectivity index (χ3v) is 6.41. The van der Waals surface area contributed by atoms with Crippen molar-refractivity contribution in [1.82, 2.24) is 14.9 Å². The zero-order valence-electron chi connectivity index (χ0n) is 19.0. The van der Waals surface area contributed by atoms with E-state index < -0.39 is 0 Å². The molecule has 5 rings (SSSR count). The molecule has 1 atom stereocenters. The molecule has 0 aliphatic carbocycles. The number of fused-ring (bicyclic) bond motifs is 1. The maximum Gasteiger partial charge on any atom is 0.230 e. The van der Waals surface area contributed by atoms with Gasteiger partial charge in [-0.3, -0.25) is 4.90 Å². The van der Waals surface area contributed by atoms with E-state index >= 15 is 0 Å². The highest BCUT2D eigenvalue weighted by Crippen LogP contribution is 2.31. The second-order valence-corrected chi connectivity index (χ2v) is 9.12. The number of rotatable bonds is 7. The van der Waals surface area contributed by atoms with Crippen molar-refractivity contribution in [3.63, 3.8) is 0 Å². The molecule has 0 radical (unpaired) electrons. The first-order valence-electron chi connectivity index (χ1n) is 11.7. The van der Waals surface area contributed by atoms with Gasteiger partial charge in [-0.2, -0.15) is 4.98 Å².